The number of hydrogen-bond acceptors (Lipinski definition) is 5. The molecular formula is C12H20N2O3S2. The van der Waals surface area contributed by atoms with Crippen molar-refractivity contribution in [3.8, 4) is 0 Å². The quantitative estimate of drug-likeness (QED) is 0.860. The van der Waals surface area contributed by atoms with Crippen LogP contribution in [0.25, 0.3) is 0 Å². The van der Waals surface area contributed by atoms with E-state index in [1.165, 1.54) is 11.3 Å². The highest BCUT2D eigenvalue weighted by Gasteiger charge is 2.22. The minimum Gasteiger partial charge on any atom is -0.377 e. The molecule has 1 atom stereocenters. The Morgan fingerprint density at radius 1 is 1.53 bits per heavy atom. The molecule has 2 rings (SSSR count). The highest BCUT2D eigenvalue weighted by atomic mass is 32.2. The van der Waals surface area contributed by atoms with Crippen LogP contribution in [0.5, 0.6) is 0 Å². The standard InChI is InChI=1S/C12H20N2O3S2/c1-9-12(6-11(7-13)18-9)19(15,16)14-8-10-4-2-3-5-17-10/h6,10,14H,2-5,7-8,13H2,1H3. The van der Waals surface area contributed by atoms with Crippen LogP contribution in [0.1, 0.15) is 29.0 Å². The summed E-state index contributed by atoms with van der Waals surface area (Å²) in [6, 6.07) is 1.66. The summed E-state index contributed by atoms with van der Waals surface area (Å²) in [5, 5.41) is 0. The molecule has 3 N–H and O–H groups in total. The third-order valence-corrected chi connectivity index (χ3v) is 5.94. The fraction of sp³-hybridized carbons (Fsp3) is 0.667. The van der Waals surface area contributed by atoms with Gasteiger partial charge in [0.2, 0.25) is 10.0 Å². The molecule has 19 heavy (non-hydrogen) atoms. The number of rotatable bonds is 5. The number of sulfonamides is 1. The van der Waals surface area contributed by atoms with Crippen molar-refractivity contribution in [2.24, 2.45) is 5.73 Å². The number of nitrogens with one attached hydrogen (secondary N) is 1. The van der Waals surface area contributed by atoms with Crippen molar-refractivity contribution in [1.82, 2.24) is 4.72 Å². The number of thiophene rings is 1. The molecule has 1 fully saturated rings. The molecule has 0 bridgehead atoms. The number of ether oxygens (including phenoxy) is 1. The Kier molecular flexibility index (Phi) is 4.97. The fourth-order valence-electron chi connectivity index (χ4n) is 2.14. The summed E-state index contributed by atoms with van der Waals surface area (Å²) < 4.78 is 32.6. The lowest BCUT2D eigenvalue weighted by Crippen LogP contribution is -2.35. The first-order valence-electron chi connectivity index (χ1n) is 6.43. The Morgan fingerprint density at radius 3 is 2.89 bits per heavy atom. The molecule has 0 radical (unpaired) electrons. The van der Waals surface area contributed by atoms with E-state index in [4.69, 9.17) is 10.5 Å². The molecule has 0 spiro atoms. The second kappa shape index (κ2) is 6.32. The molecule has 2 heterocycles. The van der Waals surface area contributed by atoms with Crippen LogP contribution in [0.15, 0.2) is 11.0 Å². The molecule has 0 saturated carbocycles. The minimum atomic E-state index is -3.45. The van der Waals surface area contributed by atoms with Gasteiger partial charge >= 0.3 is 0 Å². The highest BCUT2D eigenvalue weighted by molar-refractivity contribution is 7.89. The molecule has 0 aromatic carbocycles. The number of nitrogens with two attached hydrogens (primary N) is 1. The highest BCUT2D eigenvalue weighted by Crippen LogP contribution is 2.25. The SMILES string of the molecule is Cc1sc(CN)cc1S(=O)(=O)NCC1CCCCO1. The van der Waals surface area contributed by atoms with Gasteiger partial charge in [0.1, 0.15) is 0 Å². The monoisotopic (exact) mass is 304 g/mol. The lowest BCUT2D eigenvalue weighted by atomic mass is 10.1. The lowest BCUT2D eigenvalue weighted by Gasteiger charge is -2.22. The molecule has 108 valence electrons. The van der Waals surface area contributed by atoms with Gasteiger partial charge in [-0.3, -0.25) is 0 Å². The predicted octanol–water partition coefficient (Wildman–Crippen LogP) is 1.36. The van der Waals surface area contributed by atoms with E-state index in [0.29, 0.717) is 18.0 Å². The van der Waals surface area contributed by atoms with Crippen molar-refractivity contribution in [3.05, 3.63) is 15.8 Å². The van der Waals surface area contributed by atoms with Crippen molar-refractivity contribution in [2.75, 3.05) is 13.2 Å². The molecule has 0 aliphatic carbocycles. The molecule has 1 unspecified atom stereocenters. The van der Waals surface area contributed by atoms with Gasteiger partial charge in [-0.05, 0) is 32.3 Å². The van der Waals surface area contributed by atoms with Crippen LogP contribution in [0, 0.1) is 6.92 Å². The van der Waals surface area contributed by atoms with Crippen LogP contribution in [0.3, 0.4) is 0 Å². The van der Waals surface area contributed by atoms with Crippen molar-refractivity contribution in [3.63, 3.8) is 0 Å². The topological polar surface area (TPSA) is 81.4 Å². The Labute approximate surface area is 118 Å². The van der Waals surface area contributed by atoms with Gasteiger partial charge in [-0.1, -0.05) is 0 Å². The maximum absolute atomic E-state index is 12.2. The average molecular weight is 304 g/mol. The largest absolute Gasteiger partial charge is 0.377 e. The Balaban J connectivity index is 2.02. The summed E-state index contributed by atoms with van der Waals surface area (Å²) in [4.78, 5) is 2.00. The fourth-order valence-corrected chi connectivity index (χ4v) is 4.72. The third-order valence-electron chi connectivity index (χ3n) is 3.19. The molecule has 1 saturated heterocycles. The minimum absolute atomic E-state index is 0.00329. The molecule has 0 amide bonds. The maximum Gasteiger partial charge on any atom is 0.241 e. The Bertz CT molecular complexity index is 519. The van der Waals surface area contributed by atoms with Gasteiger partial charge < -0.3 is 10.5 Å². The van der Waals surface area contributed by atoms with Gasteiger partial charge in [-0.15, -0.1) is 11.3 Å². The zero-order valence-electron chi connectivity index (χ0n) is 11.0. The summed E-state index contributed by atoms with van der Waals surface area (Å²) in [5.41, 5.74) is 5.54. The smallest absolute Gasteiger partial charge is 0.241 e. The summed E-state index contributed by atoms with van der Waals surface area (Å²) in [6.07, 6.45) is 3.07. The van der Waals surface area contributed by atoms with E-state index in [1.807, 2.05) is 0 Å². The van der Waals surface area contributed by atoms with Gasteiger partial charge in [0.05, 0.1) is 11.0 Å². The van der Waals surface area contributed by atoms with Gasteiger partial charge in [-0.25, -0.2) is 13.1 Å². The molecule has 1 aromatic heterocycles. The maximum atomic E-state index is 12.2. The van der Waals surface area contributed by atoms with E-state index in [9.17, 15) is 8.42 Å². The zero-order valence-corrected chi connectivity index (χ0v) is 12.6. The Hall–Kier alpha value is -0.470. The van der Waals surface area contributed by atoms with Crippen LogP contribution in [-0.2, 0) is 21.3 Å². The van der Waals surface area contributed by atoms with Crippen LogP contribution in [-0.4, -0.2) is 27.7 Å². The van der Waals surface area contributed by atoms with Gasteiger partial charge in [0.25, 0.3) is 0 Å². The molecule has 1 aromatic rings. The second-order valence-electron chi connectivity index (χ2n) is 4.68. The van der Waals surface area contributed by atoms with E-state index in [0.717, 1.165) is 35.6 Å². The number of hydrogen-bond donors (Lipinski definition) is 2. The third kappa shape index (κ3) is 3.76. The molecule has 5 nitrogen and oxygen atoms in total. The first kappa shape index (κ1) is 14.9. The molecule has 1 aliphatic heterocycles. The van der Waals surface area contributed by atoms with Crippen LogP contribution in [0.4, 0.5) is 0 Å². The second-order valence-corrected chi connectivity index (χ2v) is 7.75. The molecule has 1 aliphatic rings. The van der Waals surface area contributed by atoms with E-state index in [-0.39, 0.29) is 6.10 Å². The van der Waals surface area contributed by atoms with Crippen molar-refractivity contribution < 1.29 is 13.2 Å². The summed E-state index contributed by atoms with van der Waals surface area (Å²) in [7, 11) is -3.45. The van der Waals surface area contributed by atoms with Gasteiger partial charge in [0.15, 0.2) is 0 Å². The van der Waals surface area contributed by atoms with Crippen LogP contribution >= 0.6 is 11.3 Å². The normalized spacial score (nSPS) is 20.6. The average Bonchev–Trinajstić information content (AvgIpc) is 2.80. The Morgan fingerprint density at radius 2 is 2.32 bits per heavy atom. The van der Waals surface area contributed by atoms with E-state index in [1.54, 1.807) is 13.0 Å². The summed E-state index contributed by atoms with van der Waals surface area (Å²) in [6.45, 7) is 3.24. The van der Waals surface area contributed by atoms with Gasteiger partial charge in [-0.2, -0.15) is 0 Å². The van der Waals surface area contributed by atoms with E-state index < -0.39 is 10.0 Å². The van der Waals surface area contributed by atoms with Gasteiger partial charge in [0, 0.05) is 29.5 Å². The summed E-state index contributed by atoms with van der Waals surface area (Å²) >= 11 is 1.43. The lowest BCUT2D eigenvalue weighted by molar-refractivity contribution is 0.0200. The van der Waals surface area contributed by atoms with E-state index in [2.05, 4.69) is 4.72 Å². The van der Waals surface area contributed by atoms with Crippen molar-refractivity contribution >= 4 is 21.4 Å². The van der Waals surface area contributed by atoms with Crippen molar-refractivity contribution in [1.29, 1.82) is 0 Å². The first-order valence-corrected chi connectivity index (χ1v) is 8.73. The zero-order chi connectivity index (χ0) is 13.9. The molecular weight excluding hydrogens is 284 g/mol. The first-order chi connectivity index (χ1) is 9.03. The summed E-state index contributed by atoms with van der Waals surface area (Å²) in [5.74, 6) is 0. The molecule has 7 heteroatoms. The van der Waals surface area contributed by atoms with Crippen LogP contribution < -0.4 is 10.5 Å². The van der Waals surface area contributed by atoms with Crippen molar-refractivity contribution in [2.45, 2.75) is 43.7 Å². The predicted molar refractivity (Wildman–Crippen MR) is 75.7 cm³/mol. The van der Waals surface area contributed by atoms with E-state index >= 15 is 0 Å². The van der Waals surface area contributed by atoms with Crippen LogP contribution in [0.2, 0.25) is 0 Å². The number of aryl methyl sites for hydroxylation is 1.